The number of hydrogen-bond donors (Lipinski definition) is 1. The predicted octanol–water partition coefficient (Wildman–Crippen LogP) is 2.36. The topological polar surface area (TPSA) is 73.6 Å². The van der Waals surface area contributed by atoms with Gasteiger partial charge in [-0.3, -0.25) is 4.79 Å². The molecule has 1 saturated heterocycles. The molecule has 0 bridgehead atoms. The molecule has 2 heterocycles. The van der Waals surface area contributed by atoms with Crippen LogP contribution in [0.4, 0.5) is 8.78 Å². The first-order valence-electron chi connectivity index (χ1n) is 8.40. The molecule has 0 aliphatic carbocycles. The third-order valence-electron chi connectivity index (χ3n) is 4.00. The van der Waals surface area contributed by atoms with Crippen molar-refractivity contribution in [3.05, 3.63) is 52.9 Å². The van der Waals surface area contributed by atoms with Crippen molar-refractivity contribution < 1.29 is 27.6 Å². The molecule has 1 unspecified atom stereocenters. The second kappa shape index (κ2) is 8.86. The van der Waals surface area contributed by atoms with Crippen molar-refractivity contribution >= 4 is 5.91 Å². The second-order valence-corrected chi connectivity index (χ2v) is 6.27. The number of rotatable bonds is 8. The Morgan fingerprint density at radius 2 is 2.04 bits per heavy atom. The summed E-state index contributed by atoms with van der Waals surface area (Å²) < 4.78 is 41.9. The molecule has 8 heteroatoms. The van der Waals surface area contributed by atoms with Gasteiger partial charge in [-0.2, -0.15) is 0 Å². The highest BCUT2D eigenvalue weighted by molar-refractivity contribution is 5.78. The molecule has 1 aromatic carbocycles. The average Bonchev–Trinajstić information content (AvgIpc) is 3.24. The molecule has 1 aromatic heterocycles. The lowest BCUT2D eigenvalue weighted by Crippen LogP contribution is -2.30. The van der Waals surface area contributed by atoms with Crippen LogP contribution >= 0.6 is 0 Å². The minimum atomic E-state index is -0.652. The quantitative estimate of drug-likeness (QED) is 0.776. The molecule has 1 fully saturated rings. The van der Waals surface area contributed by atoms with Crippen LogP contribution in [0.3, 0.4) is 0 Å². The van der Waals surface area contributed by atoms with E-state index in [1.165, 1.54) is 12.1 Å². The van der Waals surface area contributed by atoms with E-state index >= 15 is 0 Å². The summed E-state index contributed by atoms with van der Waals surface area (Å²) >= 11 is 0. The standard InChI is InChI=1S/C18H20F2N2O4/c19-14-3-13(4-15(20)5-14)10-25-11-17-6-16(22-26-17)7-18(23)21-8-12-1-2-24-9-12/h3-6,12H,1-2,7-11H2,(H,21,23). The minimum Gasteiger partial charge on any atom is -0.381 e. The molecule has 0 spiro atoms. The maximum Gasteiger partial charge on any atom is 0.226 e. The van der Waals surface area contributed by atoms with Crippen LogP contribution in [0.2, 0.25) is 0 Å². The Kier molecular flexibility index (Phi) is 6.30. The molecule has 2 aromatic rings. The number of ether oxygens (including phenoxy) is 2. The predicted molar refractivity (Wildman–Crippen MR) is 87.0 cm³/mol. The fourth-order valence-electron chi connectivity index (χ4n) is 2.70. The van der Waals surface area contributed by atoms with Crippen molar-refractivity contribution in [1.82, 2.24) is 10.5 Å². The zero-order chi connectivity index (χ0) is 18.4. The van der Waals surface area contributed by atoms with E-state index < -0.39 is 11.6 Å². The van der Waals surface area contributed by atoms with Crippen molar-refractivity contribution in [3.63, 3.8) is 0 Å². The van der Waals surface area contributed by atoms with Crippen molar-refractivity contribution in [2.45, 2.75) is 26.1 Å². The van der Waals surface area contributed by atoms with Gasteiger partial charge in [0, 0.05) is 31.2 Å². The lowest BCUT2D eigenvalue weighted by Gasteiger charge is -2.08. The third kappa shape index (κ3) is 5.60. The summed E-state index contributed by atoms with van der Waals surface area (Å²) in [6.45, 7) is 2.15. The number of hydrogen-bond acceptors (Lipinski definition) is 5. The molecular formula is C18H20F2N2O4. The molecule has 1 amide bonds. The summed E-state index contributed by atoms with van der Waals surface area (Å²) in [4.78, 5) is 11.9. The van der Waals surface area contributed by atoms with Gasteiger partial charge in [0.2, 0.25) is 5.91 Å². The molecule has 3 rings (SSSR count). The Balaban J connectivity index is 1.40. The maximum atomic E-state index is 13.1. The fraction of sp³-hybridized carbons (Fsp3) is 0.444. The summed E-state index contributed by atoms with van der Waals surface area (Å²) in [6.07, 6.45) is 1.08. The number of amides is 1. The number of carbonyl (C=O) groups is 1. The average molecular weight is 366 g/mol. The van der Waals surface area contributed by atoms with E-state index in [2.05, 4.69) is 10.5 Å². The molecule has 1 aliphatic heterocycles. The largest absolute Gasteiger partial charge is 0.381 e. The number of benzene rings is 1. The zero-order valence-electron chi connectivity index (χ0n) is 14.2. The number of nitrogens with one attached hydrogen (secondary N) is 1. The Bertz CT molecular complexity index is 724. The van der Waals surface area contributed by atoms with Crippen LogP contribution in [-0.4, -0.2) is 30.8 Å². The van der Waals surface area contributed by atoms with Gasteiger partial charge in [-0.15, -0.1) is 0 Å². The first kappa shape index (κ1) is 18.5. The molecule has 26 heavy (non-hydrogen) atoms. The van der Waals surface area contributed by atoms with Gasteiger partial charge in [-0.1, -0.05) is 5.16 Å². The number of carbonyl (C=O) groups excluding carboxylic acids is 1. The Labute approximate surface area is 149 Å². The van der Waals surface area contributed by atoms with Crippen molar-refractivity contribution in [2.75, 3.05) is 19.8 Å². The number of halogens is 2. The first-order valence-corrected chi connectivity index (χ1v) is 8.40. The molecular weight excluding hydrogens is 346 g/mol. The molecule has 0 saturated carbocycles. The number of aromatic nitrogens is 1. The maximum absolute atomic E-state index is 13.1. The zero-order valence-corrected chi connectivity index (χ0v) is 14.2. The van der Waals surface area contributed by atoms with Crippen molar-refractivity contribution in [2.24, 2.45) is 5.92 Å². The highest BCUT2D eigenvalue weighted by Crippen LogP contribution is 2.12. The van der Waals surface area contributed by atoms with Gasteiger partial charge in [0.15, 0.2) is 5.76 Å². The highest BCUT2D eigenvalue weighted by atomic mass is 19.1. The van der Waals surface area contributed by atoms with Crippen molar-refractivity contribution in [1.29, 1.82) is 0 Å². The van der Waals surface area contributed by atoms with Crippen LogP contribution in [0.1, 0.15) is 23.4 Å². The molecule has 1 atom stereocenters. The van der Waals surface area contributed by atoms with Gasteiger partial charge in [-0.05, 0) is 24.1 Å². The molecule has 6 nitrogen and oxygen atoms in total. The normalized spacial score (nSPS) is 16.8. The van der Waals surface area contributed by atoms with Crippen LogP contribution < -0.4 is 5.32 Å². The van der Waals surface area contributed by atoms with Gasteiger partial charge in [0.05, 0.1) is 25.3 Å². The van der Waals surface area contributed by atoms with Gasteiger partial charge in [0.25, 0.3) is 0 Å². The Morgan fingerprint density at radius 3 is 2.77 bits per heavy atom. The van der Waals surface area contributed by atoms with Crippen LogP contribution in [-0.2, 0) is 33.9 Å². The summed E-state index contributed by atoms with van der Waals surface area (Å²) in [5.74, 6) is -0.629. The summed E-state index contributed by atoms with van der Waals surface area (Å²) in [5, 5.41) is 6.68. The van der Waals surface area contributed by atoms with Crippen molar-refractivity contribution in [3.8, 4) is 0 Å². The highest BCUT2D eigenvalue weighted by Gasteiger charge is 2.17. The van der Waals surface area contributed by atoms with Gasteiger partial charge in [0.1, 0.15) is 18.2 Å². The van der Waals surface area contributed by atoms with Crippen LogP contribution in [0.5, 0.6) is 0 Å². The van der Waals surface area contributed by atoms with E-state index in [0.717, 1.165) is 19.1 Å². The van der Waals surface area contributed by atoms with Gasteiger partial charge >= 0.3 is 0 Å². The lowest BCUT2D eigenvalue weighted by atomic mass is 10.1. The number of nitrogens with zero attached hydrogens (tertiary/aromatic N) is 1. The first-order chi connectivity index (χ1) is 12.6. The van der Waals surface area contributed by atoms with Crippen LogP contribution in [0, 0.1) is 17.6 Å². The van der Waals surface area contributed by atoms with Crippen LogP contribution in [0.15, 0.2) is 28.8 Å². The SMILES string of the molecule is O=C(Cc1cc(COCc2cc(F)cc(F)c2)on1)NCC1CCOC1. The Morgan fingerprint density at radius 1 is 1.23 bits per heavy atom. The second-order valence-electron chi connectivity index (χ2n) is 6.27. The Hall–Kier alpha value is -2.32. The summed E-state index contributed by atoms with van der Waals surface area (Å²) in [6, 6.07) is 4.84. The van der Waals surface area contributed by atoms with E-state index in [0.29, 0.717) is 36.1 Å². The lowest BCUT2D eigenvalue weighted by molar-refractivity contribution is -0.120. The van der Waals surface area contributed by atoms with Gasteiger partial charge < -0.3 is 19.3 Å². The molecule has 1 N–H and O–H groups in total. The van der Waals surface area contributed by atoms with E-state index in [-0.39, 0.29) is 25.5 Å². The molecule has 140 valence electrons. The summed E-state index contributed by atoms with van der Waals surface area (Å²) in [5.41, 5.74) is 0.887. The monoisotopic (exact) mass is 366 g/mol. The minimum absolute atomic E-state index is 0.0364. The summed E-state index contributed by atoms with van der Waals surface area (Å²) in [7, 11) is 0. The van der Waals surface area contributed by atoms with E-state index in [1.54, 1.807) is 6.07 Å². The van der Waals surface area contributed by atoms with Gasteiger partial charge in [-0.25, -0.2) is 8.78 Å². The smallest absolute Gasteiger partial charge is 0.226 e. The third-order valence-corrected chi connectivity index (χ3v) is 4.00. The van der Waals surface area contributed by atoms with E-state index in [4.69, 9.17) is 14.0 Å². The van der Waals surface area contributed by atoms with E-state index in [1.807, 2.05) is 0 Å². The molecule has 0 radical (unpaired) electrons. The fourth-order valence-corrected chi connectivity index (χ4v) is 2.70. The van der Waals surface area contributed by atoms with E-state index in [9.17, 15) is 13.6 Å². The van der Waals surface area contributed by atoms with Crippen LogP contribution in [0.25, 0.3) is 0 Å². The molecule has 1 aliphatic rings.